The maximum Gasteiger partial charge on any atom is 0.490 e. The van der Waals surface area contributed by atoms with Gasteiger partial charge in [0.05, 0.1) is 29.2 Å². The van der Waals surface area contributed by atoms with E-state index in [9.17, 15) is 32.9 Å². The van der Waals surface area contributed by atoms with E-state index >= 15 is 0 Å². The Morgan fingerprint density at radius 2 is 1.44 bits per heavy atom. The number of alkyl halides is 3. The molecular formula is C22H17F3N6O8S2. The fourth-order valence-electron chi connectivity index (χ4n) is 3.05. The fraction of sp³-hybridized carbons (Fsp3) is 0.136. The molecule has 19 heteroatoms. The first-order valence-corrected chi connectivity index (χ1v) is 12.6. The fourth-order valence-corrected chi connectivity index (χ4v) is 4.17. The lowest BCUT2D eigenvalue weighted by Crippen LogP contribution is -2.32. The van der Waals surface area contributed by atoms with E-state index in [1.165, 1.54) is 12.1 Å². The third-order valence-corrected chi connectivity index (χ3v) is 6.11. The third kappa shape index (κ3) is 8.47. The molecule has 0 saturated carbocycles. The molecule has 0 spiro atoms. The number of halogens is 3. The van der Waals surface area contributed by atoms with Crippen LogP contribution in [0, 0.1) is 10.1 Å². The van der Waals surface area contributed by atoms with Gasteiger partial charge in [-0.25, -0.2) is 24.4 Å². The van der Waals surface area contributed by atoms with Gasteiger partial charge in [-0.3, -0.25) is 10.1 Å². The van der Waals surface area contributed by atoms with Crippen molar-refractivity contribution in [2.24, 2.45) is 0 Å². The van der Waals surface area contributed by atoms with Gasteiger partial charge >= 0.3 is 24.1 Å². The lowest BCUT2D eigenvalue weighted by Gasteiger charge is -2.22. The van der Waals surface area contributed by atoms with Gasteiger partial charge in [0, 0.05) is 22.2 Å². The highest BCUT2D eigenvalue weighted by Gasteiger charge is 2.38. The second kappa shape index (κ2) is 12.9. The number of hydrogen-bond donors (Lipinski definition) is 3. The largest absolute Gasteiger partial charge is 0.490 e. The minimum absolute atomic E-state index is 0.222. The molecule has 0 saturated heterocycles. The Balaban J connectivity index is 0.000000587. The molecule has 0 aliphatic rings. The van der Waals surface area contributed by atoms with Gasteiger partial charge in [-0.1, -0.05) is 24.3 Å². The first-order valence-electron chi connectivity index (χ1n) is 10.8. The Bertz CT molecular complexity index is 1540. The zero-order valence-corrected chi connectivity index (χ0v) is 21.9. The van der Waals surface area contributed by atoms with Crippen LogP contribution in [0.5, 0.6) is 0 Å². The van der Waals surface area contributed by atoms with Crippen LogP contribution in [-0.2, 0) is 36.9 Å². The number of rotatable bonds is 8. The van der Waals surface area contributed by atoms with E-state index in [4.69, 9.17) is 31.0 Å². The summed E-state index contributed by atoms with van der Waals surface area (Å²) in [5.74, 6) is -4.51. The van der Waals surface area contributed by atoms with Crippen LogP contribution in [0.2, 0.25) is 0 Å². The van der Waals surface area contributed by atoms with Crippen molar-refractivity contribution in [1.82, 2.24) is 9.97 Å². The standard InChI is InChI=1S/C20H16N6O6S2.C2HF3O2/c21-19-23-12(9-33-19)7-16(27)31-26(32-17(28)8-13-10-34-20(22)24-13)18-14-4-2-1-3-11(14)5-6-15(18)25(29)30;3-2(4,5)1(6)7/h1-6,9-10H,7-8H2,(H2,21,23)(H2,22,24);(H,6,7). The normalized spacial score (nSPS) is 10.8. The molecule has 2 aromatic carbocycles. The van der Waals surface area contributed by atoms with E-state index in [2.05, 4.69) is 9.97 Å². The average Bonchev–Trinajstić information content (AvgIpc) is 3.49. The van der Waals surface area contributed by atoms with E-state index in [1.807, 2.05) is 0 Å². The number of nitro benzene ring substituents is 1. The molecule has 0 bridgehead atoms. The molecule has 0 aliphatic heterocycles. The molecule has 0 atom stereocenters. The van der Waals surface area contributed by atoms with E-state index in [-0.39, 0.29) is 28.8 Å². The second-order valence-electron chi connectivity index (χ2n) is 7.61. The van der Waals surface area contributed by atoms with Crippen molar-refractivity contribution < 1.29 is 47.3 Å². The minimum Gasteiger partial charge on any atom is -0.475 e. The molecule has 5 N–H and O–H groups in total. The summed E-state index contributed by atoms with van der Waals surface area (Å²) in [5.41, 5.74) is 11.2. The summed E-state index contributed by atoms with van der Waals surface area (Å²) in [6.07, 6.45) is -5.69. The maximum atomic E-state index is 12.6. The van der Waals surface area contributed by atoms with Gasteiger partial charge in [-0.15, -0.1) is 22.7 Å². The zero-order valence-electron chi connectivity index (χ0n) is 20.2. The highest BCUT2D eigenvalue weighted by molar-refractivity contribution is 7.13. The predicted molar refractivity (Wildman–Crippen MR) is 139 cm³/mol. The first-order chi connectivity index (χ1) is 19.2. The molecule has 216 valence electrons. The molecule has 0 radical (unpaired) electrons. The predicted octanol–water partition coefficient (Wildman–Crippen LogP) is 3.67. The smallest absolute Gasteiger partial charge is 0.475 e. The molecule has 41 heavy (non-hydrogen) atoms. The number of carbonyl (C=O) groups is 3. The van der Waals surface area contributed by atoms with Gasteiger partial charge in [0.15, 0.2) is 10.3 Å². The van der Waals surface area contributed by atoms with E-state index in [0.29, 0.717) is 27.4 Å². The number of nitrogen functional groups attached to an aromatic ring is 2. The number of carboxylic acid groups (broad SMARTS) is 1. The van der Waals surface area contributed by atoms with Gasteiger partial charge in [-0.05, 0) is 16.7 Å². The number of carboxylic acids is 1. The quantitative estimate of drug-likeness (QED) is 0.191. The number of aliphatic carboxylic acids is 1. The van der Waals surface area contributed by atoms with Crippen LogP contribution in [0.15, 0.2) is 47.2 Å². The molecule has 2 heterocycles. The van der Waals surface area contributed by atoms with Gasteiger partial charge in [0.2, 0.25) is 5.69 Å². The summed E-state index contributed by atoms with van der Waals surface area (Å²) in [6, 6.07) is 9.44. The third-order valence-electron chi connectivity index (χ3n) is 4.66. The number of hydrogen-bond acceptors (Lipinski definition) is 14. The van der Waals surface area contributed by atoms with Crippen LogP contribution in [-0.4, -0.2) is 44.1 Å². The molecule has 2 aromatic heterocycles. The van der Waals surface area contributed by atoms with Crippen molar-refractivity contribution in [3.8, 4) is 0 Å². The van der Waals surface area contributed by atoms with Gasteiger partial charge < -0.3 is 26.2 Å². The molecule has 4 rings (SSSR count). The lowest BCUT2D eigenvalue weighted by molar-refractivity contribution is -0.384. The van der Waals surface area contributed by atoms with Crippen molar-refractivity contribution in [3.63, 3.8) is 0 Å². The Labute approximate surface area is 234 Å². The molecule has 0 unspecified atom stereocenters. The highest BCUT2D eigenvalue weighted by atomic mass is 32.1. The number of fused-ring (bicyclic) bond motifs is 1. The number of benzene rings is 2. The molecule has 0 amide bonds. The van der Waals surface area contributed by atoms with Crippen molar-refractivity contribution >= 4 is 73.0 Å². The number of nitro groups is 1. The molecular weight excluding hydrogens is 597 g/mol. The number of carbonyl (C=O) groups excluding carboxylic acids is 2. The van der Waals surface area contributed by atoms with Gasteiger partial charge in [-0.2, -0.15) is 13.2 Å². The molecule has 0 fully saturated rings. The molecule has 14 nitrogen and oxygen atoms in total. The maximum absolute atomic E-state index is 12.6. The zero-order chi connectivity index (χ0) is 30.3. The van der Waals surface area contributed by atoms with Crippen LogP contribution >= 0.6 is 22.7 Å². The van der Waals surface area contributed by atoms with Crippen LogP contribution in [0.1, 0.15) is 11.4 Å². The lowest BCUT2D eigenvalue weighted by atomic mass is 10.1. The molecule has 0 aliphatic carbocycles. The van der Waals surface area contributed by atoms with Crippen molar-refractivity contribution in [3.05, 3.63) is 68.7 Å². The number of thiazole rings is 2. The SMILES string of the molecule is Nc1nc(CC(=O)ON(OC(=O)Cc2csc(N)n2)c2c([N+](=O)[O-])ccc3ccccc23)cs1.O=C(O)C(F)(F)F. The van der Waals surface area contributed by atoms with E-state index < -0.39 is 34.7 Å². The second-order valence-corrected chi connectivity index (χ2v) is 9.39. The first kappa shape index (κ1) is 30.5. The number of nitrogens with zero attached hydrogens (tertiary/aromatic N) is 4. The highest BCUT2D eigenvalue weighted by Crippen LogP contribution is 2.37. The van der Waals surface area contributed by atoms with Crippen LogP contribution in [0.25, 0.3) is 10.8 Å². The summed E-state index contributed by atoms with van der Waals surface area (Å²) in [6.45, 7) is 0. The van der Waals surface area contributed by atoms with Gasteiger partial charge in [0.25, 0.3) is 5.69 Å². The summed E-state index contributed by atoms with van der Waals surface area (Å²) < 4.78 is 31.7. The number of aromatic nitrogens is 2. The van der Waals surface area contributed by atoms with Crippen LogP contribution < -0.4 is 16.7 Å². The monoisotopic (exact) mass is 614 g/mol. The van der Waals surface area contributed by atoms with Crippen molar-refractivity contribution in [1.29, 1.82) is 0 Å². The Hall–Kier alpha value is -5.04. The summed E-state index contributed by atoms with van der Waals surface area (Å²) >= 11 is 2.28. The summed E-state index contributed by atoms with van der Waals surface area (Å²) in [5, 5.41) is 24.0. The topological polar surface area (TPSA) is 214 Å². The average molecular weight is 615 g/mol. The number of nitrogens with two attached hydrogens (primary N) is 2. The summed E-state index contributed by atoms with van der Waals surface area (Å²) in [4.78, 5) is 63.8. The Kier molecular flexibility index (Phi) is 9.58. The Morgan fingerprint density at radius 3 is 1.85 bits per heavy atom. The van der Waals surface area contributed by atoms with Crippen LogP contribution in [0.4, 0.5) is 34.8 Å². The number of anilines is 3. The summed E-state index contributed by atoms with van der Waals surface area (Å²) in [7, 11) is 0. The van der Waals surface area contributed by atoms with E-state index in [1.54, 1.807) is 35.0 Å². The van der Waals surface area contributed by atoms with Gasteiger partial charge in [0.1, 0.15) is 0 Å². The minimum atomic E-state index is -5.08. The van der Waals surface area contributed by atoms with Crippen molar-refractivity contribution in [2.45, 2.75) is 19.0 Å². The van der Waals surface area contributed by atoms with Crippen LogP contribution in [0.3, 0.4) is 0 Å². The Morgan fingerprint density at radius 1 is 0.951 bits per heavy atom. The van der Waals surface area contributed by atoms with E-state index in [0.717, 1.165) is 22.7 Å². The van der Waals surface area contributed by atoms with Crippen molar-refractivity contribution in [2.75, 3.05) is 16.7 Å². The molecule has 4 aromatic rings.